The number of anilines is 1. The van der Waals surface area contributed by atoms with Crippen molar-refractivity contribution in [2.24, 2.45) is 0 Å². The van der Waals surface area contributed by atoms with E-state index in [0.29, 0.717) is 12.0 Å². The first-order chi connectivity index (χ1) is 9.54. The molecule has 1 amide bonds. The Bertz CT molecular complexity index is 697. The third-order valence-electron chi connectivity index (χ3n) is 3.52. The number of fused-ring (bicyclic) bond motifs is 1. The number of aryl methyl sites for hydroxylation is 1. The van der Waals surface area contributed by atoms with Gasteiger partial charge in [-0.1, -0.05) is 24.3 Å². The Hall–Kier alpha value is -2.20. The molecule has 2 N–H and O–H groups in total. The normalized spacial score (nSPS) is 14.8. The van der Waals surface area contributed by atoms with Crippen LogP contribution in [0.3, 0.4) is 0 Å². The number of hydrogen-bond donors (Lipinski definition) is 2. The Morgan fingerprint density at radius 3 is 2.80 bits per heavy atom. The summed E-state index contributed by atoms with van der Waals surface area (Å²) in [5.74, 6) is -0.486. The van der Waals surface area contributed by atoms with Crippen LogP contribution < -0.4 is 5.32 Å². The van der Waals surface area contributed by atoms with Crippen LogP contribution in [-0.4, -0.2) is 11.0 Å². The second-order valence-electron chi connectivity index (χ2n) is 5.07. The monoisotopic (exact) mass is 271 g/mol. The number of nitrogens with one attached hydrogen (secondary N) is 1. The second kappa shape index (κ2) is 4.72. The third kappa shape index (κ3) is 2.18. The first-order valence-electron chi connectivity index (χ1n) is 6.41. The van der Waals surface area contributed by atoms with Crippen molar-refractivity contribution < 1.29 is 14.3 Å². The van der Waals surface area contributed by atoms with Gasteiger partial charge in [0.2, 0.25) is 5.91 Å². The van der Waals surface area contributed by atoms with Crippen molar-refractivity contribution in [1.82, 2.24) is 0 Å². The second-order valence-corrected chi connectivity index (χ2v) is 5.07. The molecule has 0 aliphatic carbocycles. The predicted molar refractivity (Wildman–Crippen MR) is 74.0 cm³/mol. The molecule has 0 spiro atoms. The lowest BCUT2D eigenvalue weighted by atomic mass is 9.97. The summed E-state index contributed by atoms with van der Waals surface area (Å²) in [6.45, 7) is 1.80. The summed E-state index contributed by atoms with van der Waals surface area (Å²) in [4.78, 5) is 11.3. The molecule has 2 aromatic carbocycles. The molecular formula is C16H14FNO2. The van der Waals surface area contributed by atoms with E-state index in [1.165, 1.54) is 6.07 Å². The van der Waals surface area contributed by atoms with Crippen molar-refractivity contribution in [3.05, 3.63) is 64.5 Å². The first kappa shape index (κ1) is 12.8. The van der Waals surface area contributed by atoms with Crippen molar-refractivity contribution in [1.29, 1.82) is 0 Å². The van der Waals surface area contributed by atoms with Gasteiger partial charge in [-0.3, -0.25) is 4.79 Å². The van der Waals surface area contributed by atoms with Crippen LogP contribution in [0.1, 0.15) is 28.4 Å². The summed E-state index contributed by atoms with van der Waals surface area (Å²) in [5, 5.41) is 13.0. The van der Waals surface area contributed by atoms with E-state index in [1.54, 1.807) is 37.3 Å². The lowest BCUT2D eigenvalue weighted by molar-refractivity contribution is -0.115. The van der Waals surface area contributed by atoms with E-state index in [1.807, 2.05) is 0 Å². The van der Waals surface area contributed by atoms with Crippen LogP contribution in [0, 0.1) is 12.7 Å². The van der Waals surface area contributed by atoms with Crippen LogP contribution in [0.5, 0.6) is 0 Å². The number of carbonyl (C=O) groups is 1. The van der Waals surface area contributed by atoms with E-state index in [0.717, 1.165) is 16.8 Å². The largest absolute Gasteiger partial charge is 0.384 e. The van der Waals surface area contributed by atoms with Gasteiger partial charge in [0.15, 0.2) is 0 Å². The molecule has 0 fully saturated rings. The van der Waals surface area contributed by atoms with Crippen molar-refractivity contribution in [2.45, 2.75) is 19.4 Å². The molecule has 0 aromatic heterocycles. The van der Waals surface area contributed by atoms with Gasteiger partial charge >= 0.3 is 0 Å². The Labute approximate surface area is 116 Å². The number of rotatable bonds is 2. The summed E-state index contributed by atoms with van der Waals surface area (Å²) in [6, 6.07) is 9.94. The molecule has 0 bridgehead atoms. The maximum absolute atomic E-state index is 13.9. The first-order valence-corrected chi connectivity index (χ1v) is 6.41. The van der Waals surface area contributed by atoms with Crippen molar-refractivity contribution >= 4 is 11.6 Å². The lowest BCUT2D eigenvalue weighted by Crippen LogP contribution is -2.03. The molecular weight excluding hydrogens is 257 g/mol. The minimum absolute atomic E-state index is 0.0619. The van der Waals surface area contributed by atoms with Gasteiger partial charge in [-0.05, 0) is 35.7 Å². The van der Waals surface area contributed by atoms with Gasteiger partial charge in [0, 0.05) is 11.3 Å². The van der Waals surface area contributed by atoms with E-state index in [4.69, 9.17) is 0 Å². The van der Waals surface area contributed by atoms with Crippen LogP contribution in [0.25, 0.3) is 0 Å². The van der Waals surface area contributed by atoms with E-state index >= 15 is 0 Å². The van der Waals surface area contributed by atoms with Crippen LogP contribution in [0.15, 0.2) is 36.4 Å². The molecule has 102 valence electrons. The highest BCUT2D eigenvalue weighted by atomic mass is 19.1. The van der Waals surface area contributed by atoms with Gasteiger partial charge in [-0.15, -0.1) is 0 Å². The molecule has 0 radical (unpaired) electrons. The number of aliphatic hydroxyl groups is 1. The van der Waals surface area contributed by atoms with Gasteiger partial charge < -0.3 is 10.4 Å². The van der Waals surface area contributed by atoms with Gasteiger partial charge in [-0.2, -0.15) is 0 Å². The maximum Gasteiger partial charge on any atom is 0.228 e. The standard InChI is InChI=1S/C16H14FNO2/c1-9-2-4-12(13(17)6-9)16(20)10-3-5-14-11(7-10)8-15(19)18-14/h2-7,16,20H,8H2,1H3,(H,18,19). The van der Waals surface area contributed by atoms with Gasteiger partial charge in [0.05, 0.1) is 6.42 Å². The summed E-state index contributed by atoms with van der Waals surface area (Å²) in [6.07, 6.45) is -0.733. The minimum Gasteiger partial charge on any atom is -0.384 e. The van der Waals surface area contributed by atoms with Crippen LogP contribution in [0.2, 0.25) is 0 Å². The third-order valence-corrected chi connectivity index (χ3v) is 3.52. The van der Waals surface area contributed by atoms with Crippen molar-refractivity contribution in [3.8, 4) is 0 Å². The molecule has 1 aliphatic rings. The zero-order chi connectivity index (χ0) is 14.3. The van der Waals surface area contributed by atoms with E-state index in [9.17, 15) is 14.3 Å². The molecule has 3 rings (SSSR count). The molecule has 1 heterocycles. The molecule has 20 heavy (non-hydrogen) atoms. The quantitative estimate of drug-likeness (QED) is 0.882. The van der Waals surface area contributed by atoms with Crippen LogP contribution >= 0.6 is 0 Å². The van der Waals surface area contributed by atoms with Gasteiger partial charge in [0.25, 0.3) is 0 Å². The Balaban J connectivity index is 1.97. The highest BCUT2D eigenvalue weighted by Crippen LogP contribution is 2.30. The average Bonchev–Trinajstić information content (AvgIpc) is 2.77. The number of halogens is 1. The number of amides is 1. The van der Waals surface area contributed by atoms with E-state index in [-0.39, 0.29) is 11.5 Å². The number of carbonyl (C=O) groups excluding carboxylic acids is 1. The summed E-state index contributed by atoms with van der Waals surface area (Å²) >= 11 is 0. The molecule has 1 aliphatic heterocycles. The molecule has 2 aromatic rings. The van der Waals surface area contributed by atoms with Gasteiger partial charge in [-0.25, -0.2) is 4.39 Å². The van der Waals surface area contributed by atoms with Crippen LogP contribution in [0.4, 0.5) is 10.1 Å². The fourth-order valence-electron chi connectivity index (χ4n) is 2.45. The molecule has 0 saturated heterocycles. The summed E-state index contributed by atoms with van der Waals surface area (Å²) < 4.78 is 13.9. The predicted octanol–water partition coefficient (Wildman–Crippen LogP) is 2.71. The summed E-state index contributed by atoms with van der Waals surface area (Å²) in [7, 11) is 0. The number of hydrogen-bond acceptors (Lipinski definition) is 2. The topological polar surface area (TPSA) is 49.3 Å². The van der Waals surface area contributed by atoms with Gasteiger partial charge in [0.1, 0.15) is 11.9 Å². The molecule has 4 heteroatoms. The summed E-state index contributed by atoms with van der Waals surface area (Å²) in [5.41, 5.74) is 3.23. The highest BCUT2D eigenvalue weighted by molar-refractivity contribution is 5.99. The zero-order valence-corrected chi connectivity index (χ0v) is 11.0. The number of aliphatic hydroxyl groups excluding tert-OH is 1. The lowest BCUT2D eigenvalue weighted by Gasteiger charge is -2.14. The minimum atomic E-state index is -1.03. The Morgan fingerprint density at radius 1 is 1.25 bits per heavy atom. The average molecular weight is 271 g/mol. The Morgan fingerprint density at radius 2 is 2.05 bits per heavy atom. The fourth-order valence-corrected chi connectivity index (χ4v) is 2.45. The van der Waals surface area contributed by atoms with Crippen molar-refractivity contribution in [3.63, 3.8) is 0 Å². The van der Waals surface area contributed by atoms with Crippen molar-refractivity contribution in [2.75, 3.05) is 5.32 Å². The highest BCUT2D eigenvalue weighted by Gasteiger charge is 2.21. The molecule has 1 atom stereocenters. The maximum atomic E-state index is 13.9. The number of benzene rings is 2. The smallest absolute Gasteiger partial charge is 0.228 e. The molecule has 0 saturated carbocycles. The zero-order valence-electron chi connectivity index (χ0n) is 11.0. The molecule has 1 unspecified atom stereocenters. The van der Waals surface area contributed by atoms with E-state index < -0.39 is 11.9 Å². The van der Waals surface area contributed by atoms with E-state index in [2.05, 4.69) is 5.32 Å². The SMILES string of the molecule is Cc1ccc(C(O)c2ccc3c(c2)CC(=O)N3)c(F)c1. The van der Waals surface area contributed by atoms with Crippen LogP contribution in [-0.2, 0) is 11.2 Å². The fraction of sp³-hybridized carbons (Fsp3) is 0.188. The molecule has 3 nitrogen and oxygen atoms in total. The Kier molecular flexibility index (Phi) is 3.03.